The largest absolute Gasteiger partial charge is 0.316 e. The van der Waals surface area contributed by atoms with E-state index >= 15 is 0 Å². The third kappa shape index (κ3) is 2.45. The lowest BCUT2D eigenvalue weighted by Gasteiger charge is -2.35. The monoisotopic (exact) mass is 180 g/mol. The summed E-state index contributed by atoms with van der Waals surface area (Å²) in [6.45, 7) is 4.49. The van der Waals surface area contributed by atoms with Gasteiger partial charge >= 0.3 is 0 Å². The van der Waals surface area contributed by atoms with Crippen LogP contribution in [0.3, 0.4) is 0 Å². The summed E-state index contributed by atoms with van der Waals surface area (Å²) in [5.41, 5.74) is 5.81. The average molecular weight is 180 g/mol. The lowest BCUT2D eigenvalue weighted by molar-refractivity contribution is 0.169. The van der Waals surface area contributed by atoms with Crippen LogP contribution in [0.25, 0.3) is 0 Å². The summed E-state index contributed by atoms with van der Waals surface area (Å²) in [5, 5.41) is 8.81. The first-order valence-corrected chi connectivity index (χ1v) is 5.32. The van der Waals surface area contributed by atoms with Crippen molar-refractivity contribution in [2.75, 3.05) is 0 Å². The fourth-order valence-electron chi connectivity index (χ4n) is 2.56. The molecule has 1 saturated carbocycles. The summed E-state index contributed by atoms with van der Waals surface area (Å²) in [5.74, 6) is 1.78. The highest BCUT2D eigenvalue weighted by Gasteiger charge is 2.31. The Labute approximate surface area is 81.1 Å². The molecular weight excluding hydrogens is 160 g/mol. The van der Waals surface area contributed by atoms with Gasteiger partial charge in [-0.2, -0.15) is 5.26 Å². The summed E-state index contributed by atoms with van der Waals surface area (Å²) in [6, 6.07) is 1.95. The van der Waals surface area contributed by atoms with Crippen LogP contribution in [-0.4, -0.2) is 6.04 Å². The highest BCUT2D eigenvalue weighted by Crippen LogP contribution is 2.36. The Morgan fingerprint density at radius 2 is 1.77 bits per heavy atom. The van der Waals surface area contributed by atoms with Crippen molar-refractivity contribution in [1.29, 1.82) is 5.26 Å². The third-order valence-corrected chi connectivity index (χ3v) is 3.34. The first kappa shape index (κ1) is 10.5. The predicted octanol–water partition coefficient (Wildman–Crippen LogP) is 2.30. The Kier molecular flexibility index (Phi) is 3.74. The third-order valence-electron chi connectivity index (χ3n) is 3.34. The van der Waals surface area contributed by atoms with Crippen LogP contribution in [0.15, 0.2) is 0 Å². The van der Waals surface area contributed by atoms with Crippen LogP contribution in [0.4, 0.5) is 0 Å². The van der Waals surface area contributed by atoms with Gasteiger partial charge in [-0.25, -0.2) is 0 Å². The van der Waals surface area contributed by atoms with Gasteiger partial charge < -0.3 is 5.73 Å². The van der Waals surface area contributed by atoms with Gasteiger partial charge in [0.05, 0.1) is 12.1 Å². The molecule has 2 heteroatoms. The molecule has 2 N–H and O–H groups in total. The molecule has 0 radical (unpaired) electrons. The van der Waals surface area contributed by atoms with Gasteiger partial charge in [-0.1, -0.05) is 26.7 Å². The topological polar surface area (TPSA) is 49.8 Å². The Hall–Kier alpha value is -0.550. The SMILES string of the molecule is CC(C)C1CCCCC1C(N)C#N. The molecule has 13 heavy (non-hydrogen) atoms. The fraction of sp³-hybridized carbons (Fsp3) is 0.909. The number of hydrogen-bond acceptors (Lipinski definition) is 2. The van der Waals surface area contributed by atoms with E-state index in [0.29, 0.717) is 17.8 Å². The number of nitrogens with zero attached hydrogens (tertiary/aromatic N) is 1. The average Bonchev–Trinajstić information content (AvgIpc) is 2.16. The molecule has 1 fully saturated rings. The van der Waals surface area contributed by atoms with Crippen LogP contribution in [0.1, 0.15) is 39.5 Å². The predicted molar refractivity (Wildman–Crippen MR) is 53.9 cm³/mol. The van der Waals surface area contributed by atoms with E-state index in [0.717, 1.165) is 6.42 Å². The van der Waals surface area contributed by atoms with Gasteiger partial charge in [-0.05, 0) is 30.6 Å². The Morgan fingerprint density at radius 1 is 1.23 bits per heavy atom. The minimum absolute atomic E-state index is 0.243. The molecule has 3 atom stereocenters. The second kappa shape index (κ2) is 4.62. The van der Waals surface area contributed by atoms with Crippen molar-refractivity contribution >= 4 is 0 Å². The Morgan fingerprint density at radius 3 is 2.23 bits per heavy atom. The molecule has 0 heterocycles. The molecule has 0 amide bonds. The first-order valence-electron chi connectivity index (χ1n) is 5.32. The minimum Gasteiger partial charge on any atom is -0.316 e. The maximum atomic E-state index is 8.81. The van der Waals surface area contributed by atoms with Crippen LogP contribution >= 0.6 is 0 Å². The standard InChI is InChI=1S/C11H20N2/c1-8(2)9-5-3-4-6-10(9)11(13)7-12/h8-11H,3-6,13H2,1-2H3. The minimum atomic E-state index is -0.243. The van der Waals surface area contributed by atoms with E-state index in [1.54, 1.807) is 0 Å². The van der Waals surface area contributed by atoms with E-state index in [2.05, 4.69) is 19.9 Å². The van der Waals surface area contributed by atoms with Crippen LogP contribution in [0.2, 0.25) is 0 Å². The van der Waals surface area contributed by atoms with Crippen LogP contribution < -0.4 is 5.73 Å². The number of nitriles is 1. The molecule has 74 valence electrons. The van der Waals surface area contributed by atoms with E-state index in [1.165, 1.54) is 19.3 Å². The molecule has 3 unspecified atom stereocenters. The maximum absolute atomic E-state index is 8.81. The highest BCUT2D eigenvalue weighted by molar-refractivity contribution is 4.96. The molecule has 0 aromatic rings. The van der Waals surface area contributed by atoms with E-state index in [-0.39, 0.29) is 6.04 Å². The van der Waals surface area contributed by atoms with Gasteiger partial charge in [0.25, 0.3) is 0 Å². The van der Waals surface area contributed by atoms with Gasteiger partial charge in [-0.3, -0.25) is 0 Å². The van der Waals surface area contributed by atoms with Gasteiger partial charge in [0, 0.05) is 0 Å². The van der Waals surface area contributed by atoms with Crippen molar-refractivity contribution in [3.63, 3.8) is 0 Å². The van der Waals surface area contributed by atoms with E-state index < -0.39 is 0 Å². The van der Waals surface area contributed by atoms with Crippen molar-refractivity contribution in [1.82, 2.24) is 0 Å². The molecule has 0 bridgehead atoms. The molecule has 0 aliphatic heterocycles. The maximum Gasteiger partial charge on any atom is 0.0959 e. The second-order valence-corrected chi connectivity index (χ2v) is 4.51. The van der Waals surface area contributed by atoms with Gasteiger partial charge in [0.15, 0.2) is 0 Å². The lowest BCUT2D eigenvalue weighted by atomic mass is 9.71. The summed E-state index contributed by atoms with van der Waals surface area (Å²) in [4.78, 5) is 0. The second-order valence-electron chi connectivity index (χ2n) is 4.51. The number of rotatable bonds is 2. The zero-order chi connectivity index (χ0) is 9.84. The summed E-state index contributed by atoms with van der Waals surface area (Å²) >= 11 is 0. The Bertz CT molecular complexity index is 193. The first-order chi connectivity index (χ1) is 6.16. The summed E-state index contributed by atoms with van der Waals surface area (Å²) in [6.07, 6.45) is 4.98. The van der Waals surface area contributed by atoms with Gasteiger partial charge in [-0.15, -0.1) is 0 Å². The van der Waals surface area contributed by atoms with E-state index in [1.807, 2.05) is 0 Å². The molecule has 0 aromatic heterocycles. The van der Waals surface area contributed by atoms with E-state index in [4.69, 9.17) is 11.0 Å². The van der Waals surface area contributed by atoms with Crippen molar-refractivity contribution in [2.45, 2.75) is 45.6 Å². The van der Waals surface area contributed by atoms with Gasteiger partial charge in [0.2, 0.25) is 0 Å². The normalized spacial score (nSPS) is 31.3. The van der Waals surface area contributed by atoms with Crippen molar-refractivity contribution in [2.24, 2.45) is 23.5 Å². The molecular formula is C11H20N2. The fourth-order valence-corrected chi connectivity index (χ4v) is 2.56. The quantitative estimate of drug-likeness (QED) is 0.709. The van der Waals surface area contributed by atoms with E-state index in [9.17, 15) is 0 Å². The smallest absolute Gasteiger partial charge is 0.0959 e. The zero-order valence-corrected chi connectivity index (χ0v) is 8.66. The summed E-state index contributed by atoms with van der Waals surface area (Å²) < 4.78 is 0. The molecule has 1 rings (SSSR count). The summed E-state index contributed by atoms with van der Waals surface area (Å²) in [7, 11) is 0. The van der Waals surface area contributed by atoms with Crippen LogP contribution in [-0.2, 0) is 0 Å². The van der Waals surface area contributed by atoms with Gasteiger partial charge in [0.1, 0.15) is 0 Å². The molecule has 0 saturated heterocycles. The molecule has 1 aliphatic rings. The molecule has 2 nitrogen and oxygen atoms in total. The van der Waals surface area contributed by atoms with Crippen molar-refractivity contribution in [3.05, 3.63) is 0 Å². The zero-order valence-electron chi connectivity index (χ0n) is 8.66. The van der Waals surface area contributed by atoms with Crippen molar-refractivity contribution in [3.8, 4) is 6.07 Å². The molecule has 1 aliphatic carbocycles. The highest BCUT2D eigenvalue weighted by atomic mass is 14.7. The Balaban J connectivity index is 2.62. The lowest BCUT2D eigenvalue weighted by Crippen LogP contribution is -2.37. The number of nitrogens with two attached hydrogens (primary N) is 1. The van der Waals surface area contributed by atoms with Crippen LogP contribution in [0, 0.1) is 29.1 Å². The van der Waals surface area contributed by atoms with Crippen molar-refractivity contribution < 1.29 is 0 Å². The molecule has 0 spiro atoms. The van der Waals surface area contributed by atoms with Crippen LogP contribution in [0.5, 0.6) is 0 Å². The number of hydrogen-bond donors (Lipinski definition) is 1. The molecule has 0 aromatic carbocycles.